The largest absolute Gasteiger partial charge is 0.426 e. The molecule has 0 aliphatic carbocycles. The van der Waals surface area contributed by atoms with E-state index in [0.29, 0.717) is 0 Å². The Kier molecular flexibility index (Phi) is 2.90. The van der Waals surface area contributed by atoms with E-state index < -0.39 is 0 Å². The maximum absolute atomic E-state index is 6.24. The van der Waals surface area contributed by atoms with Gasteiger partial charge in [-0.3, -0.25) is 0 Å². The molecule has 0 N–H and O–H groups in total. The van der Waals surface area contributed by atoms with E-state index >= 15 is 0 Å². The highest BCUT2D eigenvalue weighted by Gasteiger charge is 2.49. The lowest BCUT2D eigenvalue weighted by atomic mass is 9.54. The fourth-order valence-electron chi connectivity index (χ4n) is 2.42. The molecule has 17 heavy (non-hydrogen) atoms. The molecule has 2 rings (SSSR count). The molecule has 1 saturated heterocycles. The van der Waals surface area contributed by atoms with E-state index in [4.69, 9.17) is 4.65 Å². The van der Waals surface area contributed by atoms with Crippen LogP contribution in [-0.4, -0.2) is 12.5 Å². The summed E-state index contributed by atoms with van der Waals surface area (Å²) in [5.74, 6) is 0. The number of hydrogen-bond donors (Lipinski definition) is 0. The van der Waals surface area contributed by atoms with E-state index in [1.165, 1.54) is 16.6 Å². The van der Waals surface area contributed by atoms with E-state index in [1.807, 2.05) is 0 Å². The third-order valence-corrected chi connectivity index (χ3v) is 4.67. The Labute approximate surface area is 106 Å². The van der Waals surface area contributed by atoms with Crippen molar-refractivity contribution in [3.05, 3.63) is 29.3 Å². The first-order valence-corrected chi connectivity index (χ1v) is 6.48. The molecule has 1 aromatic carbocycles. The molecule has 1 fully saturated rings. The Morgan fingerprint density at radius 1 is 1.06 bits per heavy atom. The SMILES string of the molecule is Cc1ccc(B2CC(C)(C)C(C)(C)O2)cc1C. The molecule has 0 radical (unpaired) electrons. The van der Waals surface area contributed by atoms with Gasteiger partial charge in [0.2, 0.25) is 0 Å². The molecule has 1 aromatic rings. The first-order valence-electron chi connectivity index (χ1n) is 6.48. The van der Waals surface area contributed by atoms with Gasteiger partial charge in [0.05, 0.1) is 5.60 Å². The average molecular weight is 230 g/mol. The molecule has 0 unspecified atom stereocenters. The van der Waals surface area contributed by atoms with Crippen LogP contribution in [0.5, 0.6) is 0 Å². The second-order valence-electron chi connectivity index (χ2n) is 6.55. The molecular formula is C15H23BO. The third kappa shape index (κ3) is 2.15. The molecule has 1 aliphatic rings. The van der Waals surface area contributed by atoms with E-state index in [0.717, 1.165) is 6.32 Å². The quantitative estimate of drug-likeness (QED) is 0.672. The third-order valence-electron chi connectivity index (χ3n) is 4.67. The predicted molar refractivity (Wildman–Crippen MR) is 75.1 cm³/mol. The Bertz CT molecular complexity index is 419. The summed E-state index contributed by atoms with van der Waals surface area (Å²) in [5.41, 5.74) is 4.22. The highest BCUT2D eigenvalue weighted by molar-refractivity contribution is 6.68. The number of rotatable bonds is 1. The normalized spacial score (nSPS) is 21.9. The van der Waals surface area contributed by atoms with Crippen molar-refractivity contribution in [1.82, 2.24) is 0 Å². The highest BCUT2D eigenvalue weighted by atomic mass is 16.5. The van der Waals surface area contributed by atoms with Crippen molar-refractivity contribution < 1.29 is 4.65 Å². The molecule has 2 heteroatoms. The van der Waals surface area contributed by atoms with Gasteiger partial charge < -0.3 is 4.65 Å². The van der Waals surface area contributed by atoms with E-state index in [1.54, 1.807) is 0 Å². The number of benzene rings is 1. The molecule has 1 nitrogen and oxygen atoms in total. The molecule has 0 amide bonds. The zero-order valence-corrected chi connectivity index (χ0v) is 11.9. The Morgan fingerprint density at radius 2 is 1.71 bits per heavy atom. The fourth-order valence-corrected chi connectivity index (χ4v) is 2.42. The van der Waals surface area contributed by atoms with Crippen LogP contribution in [0, 0.1) is 19.3 Å². The van der Waals surface area contributed by atoms with Crippen LogP contribution in [0.15, 0.2) is 18.2 Å². The molecule has 1 aliphatic heterocycles. The Morgan fingerprint density at radius 3 is 2.18 bits per heavy atom. The van der Waals surface area contributed by atoms with Crippen LogP contribution < -0.4 is 5.46 Å². The van der Waals surface area contributed by atoms with Crippen LogP contribution in [0.1, 0.15) is 38.8 Å². The monoisotopic (exact) mass is 230 g/mol. The van der Waals surface area contributed by atoms with E-state index in [2.05, 4.69) is 59.7 Å². The van der Waals surface area contributed by atoms with Crippen LogP contribution in [0.3, 0.4) is 0 Å². The maximum atomic E-state index is 6.24. The van der Waals surface area contributed by atoms with Gasteiger partial charge in [0.15, 0.2) is 0 Å². The predicted octanol–water partition coefficient (Wildman–Crippen LogP) is 3.34. The number of hydrogen-bond acceptors (Lipinski definition) is 1. The molecular weight excluding hydrogens is 207 g/mol. The molecule has 0 spiro atoms. The summed E-state index contributed by atoms with van der Waals surface area (Å²) in [6, 6.07) is 6.69. The molecule has 0 atom stereocenters. The second kappa shape index (κ2) is 3.88. The van der Waals surface area contributed by atoms with Gasteiger partial charge >= 0.3 is 6.92 Å². The van der Waals surface area contributed by atoms with E-state index in [9.17, 15) is 0 Å². The van der Waals surface area contributed by atoms with Crippen molar-refractivity contribution in [2.24, 2.45) is 5.41 Å². The summed E-state index contributed by atoms with van der Waals surface area (Å²) in [6.45, 7) is 13.6. The highest BCUT2D eigenvalue weighted by Crippen LogP contribution is 2.45. The smallest absolute Gasteiger partial charge is 0.327 e. The van der Waals surface area contributed by atoms with Crippen LogP contribution in [-0.2, 0) is 4.65 Å². The summed E-state index contributed by atoms with van der Waals surface area (Å²) < 4.78 is 6.24. The Hall–Kier alpha value is -0.755. The lowest BCUT2D eigenvalue weighted by molar-refractivity contribution is 0.0375. The van der Waals surface area contributed by atoms with Crippen molar-refractivity contribution in [1.29, 1.82) is 0 Å². The maximum Gasteiger partial charge on any atom is 0.327 e. The minimum atomic E-state index is -0.0452. The van der Waals surface area contributed by atoms with Gasteiger partial charge in [-0.05, 0) is 56.0 Å². The van der Waals surface area contributed by atoms with E-state index in [-0.39, 0.29) is 17.9 Å². The Balaban J connectivity index is 2.29. The molecule has 92 valence electrons. The van der Waals surface area contributed by atoms with Crippen molar-refractivity contribution >= 4 is 12.4 Å². The fraction of sp³-hybridized carbons (Fsp3) is 0.600. The summed E-state index contributed by atoms with van der Waals surface area (Å²) in [5, 5.41) is 0. The van der Waals surface area contributed by atoms with Gasteiger partial charge in [0, 0.05) is 0 Å². The minimum absolute atomic E-state index is 0.0452. The van der Waals surface area contributed by atoms with Crippen LogP contribution >= 0.6 is 0 Å². The second-order valence-corrected chi connectivity index (χ2v) is 6.55. The van der Waals surface area contributed by atoms with Crippen molar-refractivity contribution in [2.45, 2.75) is 53.5 Å². The van der Waals surface area contributed by atoms with Crippen molar-refractivity contribution in [2.75, 3.05) is 0 Å². The molecule has 0 aromatic heterocycles. The van der Waals surface area contributed by atoms with Gasteiger partial charge in [-0.25, -0.2) is 0 Å². The van der Waals surface area contributed by atoms with Gasteiger partial charge in [0.25, 0.3) is 0 Å². The first-order chi connectivity index (χ1) is 7.73. The van der Waals surface area contributed by atoms with Crippen LogP contribution in [0.25, 0.3) is 0 Å². The van der Waals surface area contributed by atoms with Gasteiger partial charge in [-0.1, -0.05) is 32.0 Å². The van der Waals surface area contributed by atoms with Crippen molar-refractivity contribution in [3.63, 3.8) is 0 Å². The van der Waals surface area contributed by atoms with Gasteiger partial charge in [-0.15, -0.1) is 0 Å². The van der Waals surface area contributed by atoms with Crippen LogP contribution in [0.4, 0.5) is 0 Å². The van der Waals surface area contributed by atoms with Gasteiger partial charge in [0.1, 0.15) is 0 Å². The minimum Gasteiger partial charge on any atom is -0.426 e. The summed E-state index contributed by atoms with van der Waals surface area (Å²) in [7, 11) is 0. The summed E-state index contributed by atoms with van der Waals surface area (Å²) in [6.07, 6.45) is 1.10. The summed E-state index contributed by atoms with van der Waals surface area (Å²) >= 11 is 0. The molecule has 0 bridgehead atoms. The first kappa shape index (κ1) is 12.7. The van der Waals surface area contributed by atoms with Gasteiger partial charge in [-0.2, -0.15) is 0 Å². The topological polar surface area (TPSA) is 9.23 Å². The molecule has 0 saturated carbocycles. The van der Waals surface area contributed by atoms with Crippen molar-refractivity contribution in [3.8, 4) is 0 Å². The standard InChI is InChI=1S/C15H23BO/c1-11-7-8-13(9-12(11)2)16-10-14(3,4)15(5,6)17-16/h7-9H,10H2,1-6H3. The summed E-state index contributed by atoms with van der Waals surface area (Å²) in [4.78, 5) is 0. The zero-order chi connectivity index (χ0) is 12.8. The average Bonchev–Trinajstić information content (AvgIpc) is 2.41. The molecule has 1 heterocycles. The lowest BCUT2D eigenvalue weighted by Crippen LogP contribution is -2.36. The van der Waals surface area contributed by atoms with Crippen LogP contribution in [0.2, 0.25) is 6.32 Å². The number of aryl methyl sites for hydroxylation is 2. The zero-order valence-electron chi connectivity index (χ0n) is 11.9. The lowest BCUT2D eigenvalue weighted by Gasteiger charge is -2.34.